The fourth-order valence-electron chi connectivity index (χ4n) is 2.92. The first-order valence-corrected chi connectivity index (χ1v) is 8.22. The van der Waals surface area contributed by atoms with Crippen LogP contribution < -0.4 is 4.90 Å². The van der Waals surface area contributed by atoms with Crippen LogP contribution >= 0.6 is 0 Å². The molecule has 5 nitrogen and oxygen atoms in total. The van der Waals surface area contributed by atoms with Gasteiger partial charge in [-0.2, -0.15) is 0 Å². The van der Waals surface area contributed by atoms with Crippen LogP contribution in [-0.4, -0.2) is 26.6 Å². The summed E-state index contributed by atoms with van der Waals surface area (Å²) < 4.78 is 2.13. The highest BCUT2D eigenvalue weighted by Gasteiger charge is 2.12. The number of hydrogen-bond donors (Lipinski definition) is 0. The Bertz CT molecular complexity index is 1010. The minimum Gasteiger partial charge on any atom is -0.352 e. The van der Waals surface area contributed by atoms with Gasteiger partial charge in [-0.05, 0) is 18.2 Å². The van der Waals surface area contributed by atoms with Gasteiger partial charge in [0.1, 0.15) is 11.6 Å². The Kier molecular flexibility index (Phi) is 3.90. The zero-order chi connectivity index (χ0) is 17.2. The average Bonchev–Trinajstić information content (AvgIpc) is 2.98. The molecule has 0 spiro atoms. The van der Waals surface area contributed by atoms with Gasteiger partial charge in [-0.1, -0.05) is 42.5 Å². The summed E-state index contributed by atoms with van der Waals surface area (Å²) in [7, 11) is 4.07. The number of para-hydroxylation sites is 2. The normalized spacial score (nSPS) is 11.0. The zero-order valence-corrected chi connectivity index (χ0v) is 14.3. The minimum atomic E-state index is 0.677. The molecule has 25 heavy (non-hydrogen) atoms. The zero-order valence-electron chi connectivity index (χ0n) is 14.3. The highest BCUT2D eigenvalue weighted by atomic mass is 15.2. The van der Waals surface area contributed by atoms with Gasteiger partial charge in [0.15, 0.2) is 5.82 Å². The Morgan fingerprint density at radius 3 is 2.48 bits per heavy atom. The average molecular weight is 329 g/mol. The quantitative estimate of drug-likeness (QED) is 0.573. The van der Waals surface area contributed by atoms with Gasteiger partial charge >= 0.3 is 0 Å². The number of rotatable bonds is 4. The third-order valence-electron chi connectivity index (χ3n) is 4.32. The molecule has 5 heteroatoms. The predicted molar refractivity (Wildman–Crippen MR) is 100 cm³/mol. The van der Waals surface area contributed by atoms with Crippen molar-refractivity contribution in [1.29, 1.82) is 0 Å². The molecule has 0 fully saturated rings. The Morgan fingerprint density at radius 2 is 1.68 bits per heavy atom. The maximum absolute atomic E-state index is 4.74. The highest BCUT2D eigenvalue weighted by Crippen LogP contribution is 2.20. The van der Waals surface area contributed by atoms with Gasteiger partial charge in [-0.25, -0.2) is 15.0 Å². The molecule has 4 aromatic rings. The smallest absolute Gasteiger partial charge is 0.161 e. The number of aryl methyl sites for hydroxylation is 1. The van der Waals surface area contributed by atoms with E-state index < -0.39 is 0 Å². The first-order valence-electron chi connectivity index (χ1n) is 8.22. The third-order valence-corrected chi connectivity index (χ3v) is 4.32. The lowest BCUT2D eigenvalue weighted by molar-refractivity contribution is 0.768. The summed E-state index contributed by atoms with van der Waals surface area (Å²) in [6.45, 7) is 0.677. The fourth-order valence-corrected chi connectivity index (χ4v) is 2.92. The van der Waals surface area contributed by atoms with Gasteiger partial charge in [0.25, 0.3) is 0 Å². The van der Waals surface area contributed by atoms with Crippen LogP contribution in [0.2, 0.25) is 0 Å². The van der Waals surface area contributed by atoms with Gasteiger partial charge in [-0.15, -0.1) is 0 Å². The van der Waals surface area contributed by atoms with E-state index in [-0.39, 0.29) is 0 Å². The van der Waals surface area contributed by atoms with Crippen molar-refractivity contribution < 1.29 is 0 Å². The summed E-state index contributed by atoms with van der Waals surface area (Å²) in [4.78, 5) is 15.9. The summed E-state index contributed by atoms with van der Waals surface area (Å²) in [5, 5.41) is 0. The molecule has 0 radical (unpaired) electrons. The molecule has 0 aliphatic rings. The van der Waals surface area contributed by atoms with Crippen molar-refractivity contribution >= 4 is 16.9 Å². The van der Waals surface area contributed by atoms with Crippen LogP contribution in [0.5, 0.6) is 0 Å². The van der Waals surface area contributed by atoms with E-state index in [2.05, 4.69) is 20.5 Å². The fraction of sp³-hybridized carbons (Fsp3) is 0.150. The summed E-state index contributed by atoms with van der Waals surface area (Å²) in [5.41, 5.74) is 3.17. The lowest BCUT2D eigenvalue weighted by Gasteiger charge is -2.18. The summed E-state index contributed by atoms with van der Waals surface area (Å²) in [5.74, 6) is 2.61. The molecule has 2 heterocycles. The van der Waals surface area contributed by atoms with Crippen molar-refractivity contribution in [3.8, 4) is 11.4 Å². The van der Waals surface area contributed by atoms with Crippen molar-refractivity contribution in [3.63, 3.8) is 0 Å². The van der Waals surface area contributed by atoms with Crippen LogP contribution in [0.15, 0.2) is 66.9 Å². The largest absolute Gasteiger partial charge is 0.352 e. The maximum atomic E-state index is 4.74. The minimum absolute atomic E-state index is 0.677. The standard InChI is InChI=1S/C20H19N5/c1-24(14-19-22-16-10-6-7-11-17(16)25(19)2)18-12-13-21-20(23-18)15-8-4-3-5-9-15/h3-13H,14H2,1-2H3. The summed E-state index contributed by atoms with van der Waals surface area (Å²) in [6, 6.07) is 20.1. The van der Waals surface area contributed by atoms with E-state index in [4.69, 9.17) is 9.97 Å². The second-order valence-electron chi connectivity index (χ2n) is 6.04. The van der Waals surface area contributed by atoms with E-state index in [1.807, 2.05) is 68.7 Å². The lowest BCUT2D eigenvalue weighted by Crippen LogP contribution is -2.20. The molecule has 0 bridgehead atoms. The SMILES string of the molecule is CN(Cc1nc2ccccc2n1C)c1ccnc(-c2ccccc2)n1. The van der Waals surface area contributed by atoms with Gasteiger partial charge in [-0.3, -0.25) is 0 Å². The Balaban J connectivity index is 1.62. The van der Waals surface area contributed by atoms with Crippen LogP contribution in [0.3, 0.4) is 0 Å². The second-order valence-corrected chi connectivity index (χ2v) is 6.04. The molecule has 2 aromatic heterocycles. The molecule has 0 amide bonds. The van der Waals surface area contributed by atoms with Crippen molar-refractivity contribution in [3.05, 3.63) is 72.7 Å². The van der Waals surface area contributed by atoms with Crippen molar-refractivity contribution in [2.75, 3.05) is 11.9 Å². The number of benzene rings is 2. The first kappa shape index (κ1) is 15.3. The molecule has 0 aliphatic carbocycles. The monoisotopic (exact) mass is 329 g/mol. The number of nitrogens with zero attached hydrogens (tertiary/aromatic N) is 5. The molecule has 4 rings (SSSR count). The Morgan fingerprint density at radius 1 is 0.920 bits per heavy atom. The van der Waals surface area contributed by atoms with Crippen molar-refractivity contribution in [2.24, 2.45) is 7.05 Å². The molecule has 124 valence electrons. The van der Waals surface area contributed by atoms with E-state index >= 15 is 0 Å². The predicted octanol–water partition coefficient (Wildman–Crippen LogP) is 3.67. The number of hydrogen-bond acceptors (Lipinski definition) is 4. The van der Waals surface area contributed by atoms with Crippen LogP contribution in [0.25, 0.3) is 22.4 Å². The number of anilines is 1. The van der Waals surface area contributed by atoms with Crippen molar-refractivity contribution in [2.45, 2.75) is 6.54 Å². The molecule has 0 aliphatic heterocycles. The molecule has 0 N–H and O–H groups in total. The topological polar surface area (TPSA) is 46.8 Å². The molecule has 0 saturated heterocycles. The summed E-state index contributed by atoms with van der Waals surface area (Å²) >= 11 is 0. The van der Waals surface area contributed by atoms with E-state index in [1.54, 1.807) is 6.20 Å². The van der Waals surface area contributed by atoms with E-state index in [9.17, 15) is 0 Å². The molecular weight excluding hydrogens is 310 g/mol. The molecular formula is C20H19N5. The van der Waals surface area contributed by atoms with Gasteiger partial charge in [0, 0.05) is 25.9 Å². The summed E-state index contributed by atoms with van der Waals surface area (Å²) in [6.07, 6.45) is 1.80. The van der Waals surface area contributed by atoms with E-state index in [1.165, 1.54) is 0 Å². The number of fused-ring (bicyclic) bond motifs is 1. The lowest BCUT2D eigenvalue weighted by atomic mass is 10.2. The van der Waals surface area contributed by atoms with E-state index in [0.717, 1.165) is 34.1 Å². The van der Waals surface area contributed by atoms with Crippen LogP contribution in [0.1, 0.15) is 5.82 Å². The Hall–Kier alpha value is -3.21. The third kappa shape index (κ3) is 2.96. The number of imidazole rings is 1. The van der Waals surface area contributed by atoms with Gasteiger partial charge in [0.2, 0.25) is 0 Å². The van der Waals surface area contributed by atoms with Crippen LogP contribution in [0.4, 0.5) is 5.82 Å². The molecule has 0 unspecified atom stereocenters. The molecule has 2 aromatic carbocycles. The van der Waals surface area contributed by atoms with E-state index in [0.29, 0.717) is 6.54 Å². The van der Waals surface area contributed by atoms with Gasteiger partial charge < -0.3 is 9.47 Å². The first-order chi connectivity index (χ1) is 12.2. The molecule has 0 atom stereocenters. The van der Waals surface area contributed by atoms with Gasteiger partial charge in [0.05, 0.1) is 17.6 Å². The molecule has 0 saturated carbocycles. The van der Waals surface area contributed by atoms with Crippen LogP contribution in [-0.2, 0) is 13.6 Å². The Labute approximate surface area is 146 Å². The highest BCUT2D eigenvalue weighted by molar-refractivity contribution is 5.75. The second kappa shape index (κ2) is 6.36. The van der Waals surface area contributed by atoms with Crippen molar-refractivity contribution in [1.82, 2.24) is 19.5 Å². The van der Waals surface area contributed by atoms with Crippen LogP contribution in [0, 0.1) is 0 Å². The maximum Gasteiger partial charge on any atom is 0.161 e. The number of aromatic nitrogens is 4.